The summed E-state index contributed by atoms with van der Waals surface area (Å²) in [5.74, 6) is -3.94. The minimum atomic E-state index is -1.24. The molecule has 0 heterocycles. The van der Waals surface area contributed by atoms with E-state index in [2.05, 4.69) is 28.6 Å². The van der Waals surface area contributed by atoms with Gasteiger partial charge in [-0.3, -0.25) is 24.0 Å². The van der Waals surface area contributed by atoms with Crippen molar-refractivity contribution >= 4 is 42.2 Å². The van der Waals surface area contributed by atoms with Gasteiger partial charge in [0.1, 0.15) is 18.1 Å². The molecule has 4 unspecified atom stereocenters. The maximum Gasteiger partial charge on any atom is 0.325 e. The first-order valence-electron chi connectivity index (χ1n) is 9.17. The predicted molar refractivity (Wildman–Crippen MR) is 109 cm³/mol. The van der Waals surface area contributed by atoms with E-state index in [4.69, 9.17) is 16.6 Å². The lowest BCUT2D eigenvalue weighted by molar-refractivity contribution is -0.141. The fourth-order valence-corrected chi connectivity index (χ4v) is 2.55. The van der Waals surface area contributed by atoms with Crippen molar-refractivity contribution in [2.45, 2.75) is 64.2 Å². The first-order valence-corrected chi connectivity index (χ1v) is 9.80. The second-order valence-electron chi connectivity index (χ2n) is 7.11. The summed E-state index contributed by atoms with van der Waals surface area (Å²) in [6.07, 6.45) is 0.129. The summed E-state index contributed by atoms with van der Waals surface area (Å²) < 4.78 is 0. The van der Waals surface area contributed by atoms with Crippen molar-refractivity contribution in [1.29, 1.82) is 0 Å². The van der Waals surface area contributed by atoms with Crippen molar-refractivity contribution in [1.82, 2.24) is 16.0 Å². The van der Waals surface area contributed by atoms with E-state index < -0.39 is 53.8 Å². The molecule has 0 aromatic rings. The molecule has 4 amide bonds. The molecule has 0 aliphatic heterocycles. The van der Waals surface area contributed by atoms with Crippen molar-refractivity contribution in [3.8, 4) is 0 Å². The Morgan fingerprint density at radius 3 is 1.90 bits per heavy atom. The Kier molecular flexibility index (Phi) is 11.9. The molecule has 0 radical (unpaired) electrons. The fraction of sp³-hybridized carbons (Fsp3) is 0.706. The molecule has 0 aliphatic rings. The third-order valence-electron chi connectivity index (χ3n) is 3.92. The van der Waals surface area contributed by atoms with E-state index in [1.807, 2.05) is 13.8 Å². The predicted octanol–water partition coefficient (Wildman–Crippen LogP) is -1.89. The van der Waals surface area contributed by atoms with Gasteiger partial charge in [0, 0.05) is 12.2 Å². The summed E-state index contributed by atoms with van der Waals surface area (Å²) in [7, 11) is 0. The number of carbonyl (C=O) groups is 5. The molecule has 0 spiro atoms. The Bertz CT molecular complexity index is 615. The molecule has 166 valence electrons. The largest absolute Gasteiger partial charge is 0.480 e. The molecule has 0 saturated heterocycles. The van der Waals surface area contributed by atoms with Gasteiger partial charge < -0.3 is 32.5 Å². The third kappa shape index (κ3) is 10.7. The molecule has 29 heavy (non-hydrogen) atoms. The number of primary amides is 1. The second kappa shape index (κ2) is 13.0. The molecule has 0 saturated carbocycles. The molecule has 4 atom stereocenters. The normalized spacial score (nSPS) is 15.0. The molecule has 0 rings (SSSR count). The fourth-order valence-electron chi connectivity index (χ4n) is 2.29. The zero-order valence-electron chi connectivity index (χ0n) is 16.8. The standard InChI is InChI=1S/C17H31N5O6S/c1-8(2)6-10(18)14(24)21-11(4-5-13(19)23)15(25)22-12(7-29)16(26)20-9(3)17(27)28/h8-12,29H,4-7,18H2,1-3H3,(H2,19,23)(H,20,26)(H,21,24)(H,22,25)(H,27,28). The average molecular weight is 434 g/mol. The number of thiol groups is 1. The molecule has 12 heteroatoms. The first-order chi connectivity index (χ1) is 13.4. The summed E-state index contributed by atoms with van der Waals surface area (Å²) in [6, 6.07) is -4.31. The number of hydrogen-bond acceptors (Lipinski definition) is 7. The lowest BCUT2D eigenvalue weighted by atomic mass is 10.0. The highest BCUT2D eigenvalue weighted by molar-refractivity contribution is 7.80. The van der Waals surface area contributed by atoms with Crippen LogP contribution in [-0.2, 0) is 24.0 Å². The maximum absolute atomic E-state index is 12.6. The summed E-state index contributed by atoms with van der Waals surface area (Å²) in [4.78, 5) is 58.9. The number of hydrogen-bond donors (Lipinski definition) is 7. The van der Waals surface area contributed by atoms with Crippen LogP contribution in [-0.4, -0.2) is 64.6 Å². The van der Waals surface area contributed by atoms with Crippen LogP contribution < -0.4 is 27.4 Å². The van der Waals surface area contributed by atoms with Gasteiger partial charge in [0.2, 0.25) is 23.6 Å². The van der Waals surface area contributed by atoms with Gasteiger partial charge >= 0.3 is 5.97 Å². The van der Waals surface area contributed by atoms with Gasteiger partial charge in [-0.25, -0.2) is 0 Å². The minimum absolute atomic E-state index is 0.0895. The number of amides is 4. The van der Waals surface area contributed by atoms with Crippen LogP contribution >= 0.6 is 12.6 Å². The molecule has 8 N–H and O–H groups in total. The molecule has 0 bridgehead atoms. The van der Waals surface area contributed by atoms with Crippen LogP contribution in [0.2, 0.25) is 0 Å². The number of carbonyl (C=O) groups excluding carboxylic acids is 4. The second-order valence-corrected chi connectivity index (χ2v) is 7.48. The number of carboxylic acids is 1. The van der Waals surface area contributed by atoms with Crippen LogP contribution in [0.25, 0.3) is 0 Å². The van der Waals surface area contributed by atoms with Gasteiger partial charge in [0.25, 0.3) is 0 Å². The van der Waals surface area contributed by atoms with Gasteiger partial charge in [-0.05, 0) is 25.7 Å². The SMILES string of the molecule is CC(C)CC(N)C(=O)NC(CCC(N)=O)C(=O)NC(CS)C(=O)NC(C)C(=O)O. The Morgan fingerprint density at radius 1 is 0.931 bits per heavy atom. The highest BCUT2D eigenvalue weighted by atomic mass is 32.1. The Balaban J connectivity index is 5.16. The lowest BCUT2D eigenvalue weighted by Crippen LogP contribution is -2.57. The van der Waals surface area contributed by atoms with Crippen molar-refractivity contribution in [3.63, 3.8) is 0 Å². The molecule has 0 aromatic carbocycles. The lowest BCUT2D eigenvalue weighted by Gasteiger charge is -2.24. The average Bonchev–Trinajstić information content (AvgIpc) is 2.61. The van der Waals surface area contributed by atoms with Gasteiger partial charge in [0.15, 0.2) is 0 Å². The van der Waals surface area contributed by atoms with Crippen LogP contribution in [0.15, 0.2) is 0 Å². The molecular weight excluding hydrogens is 402 g/mol. The molecule has 0 aliphatic carbocycles. The number of carboxylic acid groups (broad SMARTS) is 1. The summed E-state index contributed by atoms with van der Waals surface area (Å²) >= 11 is 3.99. The smallest absolute Gasteiger partial charge is 0.325 e. The maximum atomic E-state index is 12.6. The number of aliphatic carboxylic acids is 1. The highest BCUT2D eigenvalue weighted by Crippen LogP contribution is 2.05. The van der Waals surface area contributed by atoms with E-state index in [0.29, 0.717) is 6.42 Å². The van der Waals surface area contributed by atoms with Gasteiger partial charge in [-0.15, -0.1) is 0 Å². The molecule has 0 fully saturated rings. The van der Waals surface area contributed by atoms with Crippen molar-refractivity contribution in [2.24, 2.45) is 17.4 Å². The summed E-state index contributed by atoms with van der Waals surface area (Å²) in [6.45, 7) is 5.04. The van der Waals surface area contributed by atoms with E-state index in [1.165, 1.54) is 6.92 Å². The molecular formula is C17H31N5O6S. The quantitative estimate of drug-likeness (QED) is 0.165. The van der Waals surface area contributed by atoms with Gasteiger partial charge in [0.05, 0.1) is 6.04 Å². The summed E-state index contributed by atoms with van der Waals surface area (Å²) in [5, 5.41) is 16.0. The first kappa shape index (κ1) is 26.7. The van der Waals surface area contributed by atoms with Crippen molar-refractivity contribution < 1.29 is 29.1 Å². The van der Waals surface area contributed by atoms with E-state index in [9.17, 15) is 24.0 Å². The van der Waals surface area contributed by atoms with Crippen LogP contribution in [0.3, 0.4) is 0 Å². The van der Waals surface area contributed by atoms with Crippen molar-refractivity contribution in [3.05, 3.63) is 0 Å². The van der Waals surface area contributed by atoms with E-state index in [0.717, 1.165) is 0 Å². The highest BCUT2D eigenvalue weighted by Gasteiger charge is 2.29. The van der Waals surface area contributed by atoms with Crippen LogP contribution in [0.4, 0.5) is 0 Å². The van der Waals surface area contributed by atoms with Crippen molar-refractivity contribution in [2.75, 3.05) is 5.75 Å². The van der Waals surface area contributed by atoms with Crippen LogP contribution in [0.1, 0.15) is 40.0 Å². The van der Waals surface area contributed by atoms with Gasteiger partial charge in [-0.2, -0.15) is 12.6 Å². The monoisotopic (exact) mass is 433 g/mol. The number of nitrogens with two attached hydrogens (primary N) is 2. The number of rotatable bonds is 13. The van der Waals surface area contributed by atoms with Crippen LogP contribution in [0.5, 0.6) is 0 Å². The molecule has 11 nitrogen and oxygen atoms in total. The number of nitrogens with one attached hydrogen (secondary N) is 3. The van der Waals surface area contributed by atoms with Gasteiger partial charge in [-0.1, -0.05) is 13.8 Å². The minimum Gasteiger partial charge on any atom is -0.480 e. The van der Waals surface area contributed by atoms with E-state index >= 15 is 0 Å². The Hall–Kier alpha value is -2.34. The zero-order valence-corrected chi connectivity index (χ0v) is 17.7. The topological polar surface area (TPSA) is 194 Å². The Morgan fingerprint density at radius 2 is 1.45 bits per heavy atom. The zero-order chi connectivity index (χ0) is 22.7. The Labute approximate surface area is 175 Å². The third-order valence-corrected chi connectivity index (χ3v) is 4.28. The van der Waals surface area contributed by atoms with E-state index in [-0.39, 0.29) is 24.5 Å². The molecule has 0 aromatic heterocycles. The summed E-state index contributed by atoms with van der Waals surface area (Å²) in [5.41, 5.74) is 10.9. The van der Waals surface area contributed by atoms with Crippen LogP contribution in [0, 0.1) is 5.92 Å². The van der Waals surface area contributed by atoms with E-state index in [1.54, 1.807) is 0 Å².